The van der Waals surface area contributed by atoms with Gasteiger partial charge in [0.25, 0.3) is 17.7 Å². The van der Waals surface area contributed by atoms with Crippen LogP contribution >= 0.6 is 0 Å². The second-order valence-corrected chi connectivity index (χ2v) is 8.65. The van der Waals surface area contributed by atoms with Crippen molar-refractivity contribution in [3.05, 3.63) is 70.3 Å². The van der Waals surface area contributed by atoms with Gasteiger partial charge in [0.15, 0.2) is 6.04 Å². The summed E-state index contributed by atoms with van der Waals surface area (Å²) in [5.41, 5.74) is 5.77. The van der Waals surface area contributed by atoms with E-state index in [4.69, 9.17) is 9.94 Å². The van der Waals surface area contributed by atoms with Crippen LogP contribution in [-0.2, 0) is 20.9 Å². The standard InChI is InChI=1S/C27H32N4O5/c1-5-36-23-16-31(17-23)15-22-13-10-20(14-18(22)2)7-6-19-8-11-21(12-9-19)27(34)30(4)24(25(32)28-3)26(33)29-35/h8-14,23-24,35H,5,15-17H2,1-4H3,(H,28,32)(H,29,33). The normalized spacial score (nSPS) is 14.1. The minimum atomic E-state index is -1.51. The molecule has 3 rings (SSSR count). The van der Waals surface area contributed by atoms with Crippen molar-refractivity contribution < 1.29 is 24.3 Å². The fraction of sp³-hybridized carbons (Fsp3) is 0.370. The summed E-state index contributed by atoms with van der Waals surface area (Å²) in [7, 11) is 2.65. The Morgan fingerprint density at radius 1 is 1.11 bits per heavy atom. The molecule has 1 aliphatic rings. The molecule has 0 saturated carbocycles. The Balaban J connectivity index is 1.64. The SMILES string of the molecule is CCOC1CN(Cc2ccc(C#Cc3ccc(C(=O)N(C)C(C(=O)NC)C(=O)NO)cc3)cc2C)C1. The van der Waals surface area contributed by atoms with Gasteiger partial charge in [-0.25, -0.2) is 5.48 Å². The van der Waals surface area contributed by atoms with Crippen molar-refractivity contribution in [1.29, 1.82) is 0 Å². The van der Waals surface area contributed by atoms with Crippen LogP contribution in [-0.4, -0.2) is 78.7 Å². The first-order chi connectivity index (χ1) is 17.3. The molecule has 1 heterocycles. The van der Waals surface area contributed by atoms with Gasteiger partial charge >= 0.3 is 0 Å². The number of likely N-dealkylation sites (tertiary alicyclic amines) is 1. The average molecular weight is 493 g/mol. The number of carbonyl (C=O) groups is 3. The first kappa shape index (κ1) is 26.9. The number of amides is 3. The Morgan fingerprint density at radius 3 is 2.33 bits per heavy atom. The summed E-state index contributed by atoms with van der Waals surface area (Å²) in [6, 6.07) is 11.2. The largest absolute Gasteiger partial charge is 0.376 e. The molecular formula is C27H32N4O5. The van der Waals surface area contributed by atoms with Crippen LogP contribution < -0.4 is 10.8 Å². The molecule has 0 bridgehead atoms. The lowest BCUT2D eigenvalue weighted by molar-refractivity contribution is -0.140. The molecule has 1 unspecified atom stereocenters. The zero-order chi connectivity index (χ0) is 26.2. The highest BCUT2D eigenvalue weighted by Gasteiger charge is 2.33. The predicted octanol–water partition coefficient (Wildman–Crippen LogP) is 1.31. The lowest BCUT2D eigenvalue weighted by Gasteiger charge is -2.39. The molecule has 0 aromatic heterocycles. The number of hydroxylamine groups is 1. The summed E-state index contributed by atoms with van der Waals surface area (Å²) in [6.07, 6.45) is 0.347. The summed E-state index contributed by atoms with van der Waals surface area (Å²) >= 11 is 0. The number of rotatable bonds is 8. The van der Waals surface area contributed by atoms with Gasteiger partial charge in [0.1, 0.15) is 0 Å². The number of carbonyl (C=O) groups excluding carboxylic acids is 3. The van der Waals surface area contributed by atoms with Crippen molar-refractivity contribution in [1.82, 2.24) is 20.6 Å². The summed E-state index contributed by atoms with van der Waals surface area (Å²) < 4.78 is 5.62. The maximum atomic E-state index is 12.8. The highest BCUT2D eigenvalue weighted by molar-refractivity contribution is 6.08. The van der Waals surface area contributed by atoms with Gasteiger partial charge in [-0.2, -0.15) is 0 Å². The molecule has 1 atom stereocenters. The van der Waals surface area contributed by atoms with E-state index in [-0.39, 0.29) is 5.56 Å². The summed E-state index contributed by atoms with van der Waals surface area (Å²) in [4.78, 5) is 40.0. The number of aryl methyl sites for hydroxylation is 1. The van der Waals surface area contributed by atoms with Crippen LogP contribution in [0.4, 0.5) is 0 Å². The second-order valence-electron chi connectivity index (χ2n) is 8.65. The monoisotopic (exact) mass is 492 g/mol. The molecule has 1 saturated heterocycles. The van der Waals surface area contributed by atoms with Crippen molar-refractivity contribution in [3.63, 3.8) is 0 Å². The van der Waals surface area contributed by atoms with Gasteiger partial charge in [0.2, 0.25) is 0 Å². The Kier molecular flexibility index (Phi) is 9.19. The predicted molar refractivity (Wildman–Crippen MR) is 134 cm³/mol. The zero-order valence-electron chi connectivity index (χ0n) is 21.0. The topological polar surface area (TPSA) is 111 Å². The number of ether oxygens (including phenoxy) is 1. The first-order valence-corrected chi connectivity index (χ1v) is 11.8. The van der Waals surface area contributed by atoms with Crippen LogP contribution in [0.2, 0.25) is 0 Å². The van der Waals surface area contributed by atoms with E-state index >= 15 is 0 Å². The fourth-order valence-electron chi connectivity index (χ4n) is 4.01. The van der Waals surface area contributed by atoms with Gasteiger partial charge in [-0.3, -0.25) is 24.5 Å². The Morgan fingerprint density at radius 2 is 1.75 bits per heavy atom. The third-order valence-electron chi connectivity index (χ3n) is 6.11. The highest BCUT2D eigenvalue weighted by Crippen LogP contribution is 2.19. The molecule has 9 heteroatoms. The summed E-state index contributed by atoms with van der Waals surface area (Å²) in [5, 5.41) is 11.2. The van der Waals surface area contributed by atoms with Crippen LogP contribution in [0.15, 0.2) is 42.5 Å². The molecule has 0 aliphatic carbocycles. The van der Waals surface area contributed by atoms with E-state index in [1.54, 1.807) is 24.3 Å². The molecule has 3 amide bonds. The smallest absolute Gasteiger partial charge is 0.275 e. The van der Waals surface area contributed by atoms with Gasteiger partial charge < -0.3 is 15.0 Å². The van der Waals surface area contributed by atoms with Crippen molar-refractivity contribution in [2.75, 3.05) is 33.8 Å². The van der Waals surface area contributed by atoms with Crippen LogP contribution in [0.25, 0.3) is 0 Å². The molecule has 36 heavy (non-hydrogen) atoms. The van der Waals surface area contributed by atoms with Crippen LogP contribution in [0.3, 0.4) is 0 Å². The number of hydrogen-bond donors (Lipinski definition) is 3. The molecule has 1 fully saturated rings. The van der Waals surface area contributed by atoms with E-state index in [1.807, 2.05) is 13.0 Å². The zero-order valence-corrected chi connectivity index (χ0v) is 21.0. The lowest BCUT2D eigenvalue weighted by atomic mass is 10.0. The first-order valence-electron chi connectivity index (χ1n) is 11.8. The van der Waals surface area contributed by atoms with E-state index in [9.17, 15) is 14.4 Å². The molecule has 190 valence electrons. The van der Waals surface area contributed by atoms with Crippen molar-refractivity contribution >= 4 is 17.7 Å². The Bertz CT molecular complexity index is 1150. The molecule has 0 radical (unpaired) electrons. The van der Waals surface area contributed by atoms with Gasteiger partial charge in [0.05, 0.1) is 6.10 Å². The van der Waals surface area contributed by atoms with Gasteiger partial charge in [0, 0.05) is 57.0 Å². The van der Waals surface area contributed by atoms with Crippen molar-refractivity contribution in [2.45, 2.75) is 32.5 Å². The minimum absolute atomic E-state index is 0.278. The number of benzene rings is 2. The summed E-state index contributed by atoms with van der Waals surface area (Å²) in [6.45, 7) is 7.68. The van der Waals surface area contributed by atoms with E-state index in [2.05, 4.69) is 41.1 Å². The van der Waals surface area contributed by atoms with Crippen LogP contribution in [0.5, 0.6) is 0 Å². The van der Waals surface area contributed by atoms with E-state index in [0.717, 1.165) is 42.3 Å². The molecule has 1 aliphatic heterocycles. The number of likely N-dealkylation sites (N-methyl/N-ethyl adjacent to an activating group) is 2. The van der Waals surface area contributed by atoms with Crippen molar-refractivity contribution in [3.8, 4) is 11.8 Å². The van der Waals surface area contributed by atoms with Crippen LogP contribution in [0, 0.1) is 18.8 Å². The molecule has 2 aromatic rings. The fourth-order valence-corrected chi connectivity index (χ4v) is 4.01. The minimum Gasteiger partial charge on any atom is -0.376 e. The van der Waals surface area contributed by atoms with Gasteiger partial charge in [-0.05, 0) is 61.4 Å². The van der Waals surface area contributed by atoms with E-state index in [0.29, 0.717) is 6.10 Å². The van der Waals surface area contributed by atoms with Crippen molar-refractivity contribution in [2.24, 2.45) is 0 Å². The van der Waals surface area contributed by atoms with E-state index in [1.165, 1.54) is 30.7 Å². The number of nitrogens with zero attached hydrogens (tertiary/aromatic N) is 2. The average Bonchev–Trinajstić information content (AvgIpc) is 2.86. The van der Waals surface area contributed by atoms with E-state index < -0.39 is 23.8 Å². The summed E-state index contributed by atoms with van der Waals surface area (Å²) in [5.74, 6) is 3.98. The Labute approximate surface area is 211 Å². The molecule has 9 nitrogen and oxygen atoms in total. The number of nitrogens with one attached hydrogen (secondary N) is 2. The molecular weight excluding hydrogens is 460 g/mol. The van der Waals surface area contributed by atoms with Gasteiger partial charge in [-0.1, -0.05) is 17.9 Å². The molecule has 2 aromatic carbocycles. The Hall–Kier alpha value is -3.71. The maximum Gasteiger partial charge on any atom is 0.275 e. The quantitative estimate of drug-likeness (QED) is 0.222. The number of hydrogen-bond acceptors (Lipinski definition) is 6. The third kappa shape index (κ3) is 6.49. The molecule has 0 spiro atoms. The second kappa shape index (κ2) is 12.3. The molecule has 3 N–H and O–H groups in total. The highest BCUT2D eigenvalue weighted by atomic mass is 16.5. The van der Waals surface area contributed by atoms with Gasteiger partial charge in [-0.15, -0.1) is 0 Å². The van der Waals surface area contributed by atoms with Crippen LogP contribution in [0.1, 0.15) is 39.5 Å². The third-order valence-corrected chi connectivity index (χ3v) is 6.11. The lowest BCUT2D eigenvalue weighted by Crippen LogP contribution is -2.54. The maximum absolute atomic E-state index is 12.8.